The van der Waals surface area contributed by atoms with Crippen LogP contribution in [0.2, 0.25) is 0 Å². The second-order valence-electron chi connectivity index (χ2n) is 6.16. The fourth-order valence-electron chi connectivity index (χ4n) is 2.90. The number of ether oxygens (including phenoxy) is 3. The second-order valence-corrected chi connectivity index (χ2v) is 6.16. The van der Waals surface area contributed by atoms with E-state index in [0.717, 1.165) is 0 Å². The fraction of sp³-hybridized carbons (Fsp3) is 0.421. The smallest absolute Gasteiger partial charge is 0.330 e. The number of methoxy groups -OCH3 is 3. The number of anilines is 2. The summed E-state index contributed by atoms with van der Waals surface area (Å²) in [5.74, 6) is 0.169. The zero-order valence-corrected chi connectivity index (χ0v) is 17.0. The summed E-state index contributed by atoms with van der Waals surface area (Å²) in [5, 5.41) is 0. The number of nitrogen functional groups attached to an aromatic ring is 1. The van der Waals surface area contributed by atoms with E-state index in [1.54, 1.807) is 12.1 Å². The minimum Gasteiger partial charge on any atom is -0.497 e. The molecular formula is C19H26N4O6. The predicted octanol–water partition coefficient (Wildman–Crippen LogP) is 0.839. The van der Waals surface area contributed by atoms with Crippen molar-refractivity contribution in [2.75, 3.05) is 45.1 Å². The van der Waals surface area contributed by atoms with E-state index in [4.69, 9.17) is 19.9 Å². The third kappa shape index (κ3) is 4.60. The van der Waals surface area contributed by atoms with Crippen molar-refractivity contribution in [3.8, 4) is 11.5 Å². The molecule has 0 aliphatic rings. The molecule has 0 aliphatic carbocycles. The van der Waals surface area contributed by atoms with Crippen LogP contribution in [-0.2, 0) is 11.3 Å². The Morgan fingerprint density at radius 1 is 1.21 bits per heavy atom. The molecule has 1 amide bonds. The van der Waals surface area contributed by atoms with Crippen LogP contribution < -0.4 is 31.4 Å². The molecule has 2 rings (SSSR count). The molecule has 158 valence electrons. The van der Waals surface area contributed by atoms with Gasteiger partial charge in [-0.05, 0) is 18.6 Å². The fourth-order valence-corrected chi connectivity index (χ4v) is 2.90. The highest BCUT2D eigenvalue weighted by Crippen LogP contribution is 2.28. The highest BCUT2D eigenvalue weighted by atomic mass is 16.5. The first-order valence-corrected chi connectivity index (χ1v) is 9.04. The van der Waals surface area contributed by atoms with Crippen LogP contribution >= 0.6 is 0 Å². The van der Waals surface area contributed by atoms with Crippen molar-refractivity contribution in [3.63, 3.8) is 0 Å². The molecule has 0 atom stereocenters. The molecule has 0 radical (unpaired) electrons. The van der Waals surface area contributed by atoms with Gasteiger partial charge in [0.15, 0.2) is 5.69 Å². The number of benzene rings is 1. The van der Waals surface area contributed by atoms with Gasteiger partial charge in [0.25, 0.3) is 11.5 Å². The monoisotopic (exact) mass is 406 g/mol. The van der Waals surface area contributed by atoms with Crippen LogP contribution in [0.1, 0.15) is 23.7 Å². The average molecular weight is 406 g/mol. The number of nitrogens with zero attached hydrogens (tertiary/aromatic N) is 2. The molecule has 0 unspecified atom stereocenters. The van der Waals surface area contributed by atoms with Gasteiger partial charge in [-0.3, -0.25) is 24.0 Å². The van der Waals surface area contributed by atoms with Crippen LogP contribution in [0.5, 0.6) is 11.5 Å². The Morgan fingerprint density at radius 3 is 2.52 bits per heavy atom. The molecule has 10 heteroatoms. The van der Waals surface area contributed by atoms with Crippen molar-refractivity contribution in [2.45, 2.75) is 19.9 Å². The first-order chi connectivity index (χ1) is 13.9. The van der Waals surface area contributed by atoms with Gasteiger partial charge >= 0.3 is 5.69 Å². The van der Waals surface area contributed by atoms with Crippen molar-refractivity contribution in [2.24, 2.45) is 0 Å². The number of nitrogens with two attached hydrogens (primary N) is 1. The first kappa shape index (κ1) is 22.0. The molecule has 29 heavy (non-hydrogen) atoms. The highest BCUT2D eigenvalue weighted by Gasteiger charge is 2.27. The third-order valence-corrected chi connectivity index (χ3v) is 4.33. The molecule has 1 aromatic heterocycles. The number of hydrogen-bond donors (Lipinski definition) is 2. The Hall–Kier alpha value is -3.27. The Balaban J connectivity index is 2.64. The summed E-state index contributed by atoms with van der Waals surface area (Å²) in [6, 6.07) is 4.70. The maximum absolute atomic E-state index is 13.3. The Labute approximate surface area is 167 Å². The lowest BCUT2D eigenvalue weighted by molar-refractivity contribution is 0.0972. The van der Waals surface area contributed by atoms with Crippen LogP contribution in [0.15, 0.2) is 27.8 Å². The van der Waals surface area contributed by atoms with Crippen LogP contribution in [0.3, 0.4) is 0 Å². The van der Waals surface area contributed by atoms with Gasteiger partial charge < -0.3 is 19.9 Å². The molecule has 3 N–H and O–H groups in total. The molecule has 0 aliphatic heterocycles. The van der Waals surface area contributed by atoms with Gasteiger partial charge in [0.2, 0.25) is 0 Å². The summed E-state index contributed by atoms with van der Waals surface area (Å²) in [5.41, 5.74) is 4.85. The zero-order chi connectivity index (χ0) is 21.6. The van der Waals surface area contributed by atoms with Crippen molar-refractivity contribution < 1.29 is 19.0 Å². The molecule has 0 fully saturated rings. The number of aromatic nitrogens is 2. The minimum atomic E-state index is -0.753. The van der Waals surface area contributed by atoms with E-state index in [9.17, 15) is 14.4 Å². The molecule has 0 saturated heterocycles. The number of aromatic amines is 1. The van der Waals surface area contributed by atoms with E-state index in [1.165, 1.54) is 36.9 Å². The van der Waals surface area contributed by atoms with E-state index < -0.39 is 17.2 Å². The van der Waals surface area contributed by atoms with Gasteiger partial charge in [0.05, 0.1) is 26.4 Å². The van der Waals surface area contributed by atoms with Crippen LogP contribution in [0, 0.1) is 0 Å². The lowest BCUT2D eigenvalue weighted by Gasteiger charge is -2.25. The summed E-state index contributed by atoms with van der Waals surface area (Å²) < 4.78 is 16.8. The summed E-state index contributed by atoms with van der Waals surface area (Å²) in [6.45, 7) is 2.36. The molecule has 0 bridgehead atoms. The number of amides is 1. The number of carbonyl (C=O) groups is 1. The molecule has 0 spiro atoms. The molecular weight excluding hydrogens is 380 g/mol. The van der Waals surface area contributed by atoms with Gasteiger partial charge in [-0.2, -0.15) is 0 Å². The second kappa shape index (κ2) is 9.78. The van der Waals surface area contributed by atoms with Crippen molar-refractivity contribution in [1.29, 1.82) is 0 Å². The van der Waals surface area contributed by atoms with Gasteiger partial charge in [0.1, 0.15) is 17.3 Å². The lowest BCUT2D eigenvalue weighted by atomic mass is 10.1. The normalized spacial score (nSPS) is 10.6. The summed E-state index contributed by atoms with van der Waals surface area (Å²) in [7, 11) is 4.40. The SMILES string of the molecule is CCCn1c(N)c(N(CCOC)C(=O)c2ccc(OC)cc2OC)c(=O)[nH]c1=O. The summed E-state index contributed by atoms with van der Waals surface area (Å²) in [4.78, 5) is 41.5. The summed E-state index contributed by atoms with van der Waals surface area (Å²) in [6.07, 6.45) is 0.619. The van der Waals surface area contributed by atoms with Crippen LogP contribution in [0.4, 0.5) is 11.5 Å². The van der Waals surface area contributed by atoms with Crippen LogP contribution in [0.25, 0.3) is 0 Å². The van der Waals surface area contributed by atoms with E-state index >= 15 is 0 Å². The lowest BCUT2D eigenvalue weighted by Crippen LogP contribution is -2.42. The topological polar surface area (TPSA) is 129 Å². The predicted molar refractivity (Wildman–Crippen MR) is 109 cm³/mol. The maximum Gasteiger partial charge on any atom is 0.330 e. The molecule has 2 aromatic rings. The van der Waals surface area contributed by atoms with Crippen molar-refractivity contribution >= 4 is 17.4 Å². The Morgan fingerprint density at radius 2 is 1.93 bits per heavy atom. The van der Waals surface area contributed by atoms with Gasteiger partial charge in [-0.1, -0.05) is 6.92 Å². The van der Waals surface area contributed by atoms with Crippen molar-refractivity contribution in [3.05, 3.63) is 44.6 Å². The number of carbonyl (C=O) groups excluding carboxylic acids is 1. The largest absolute Gasteiger partial charge is 0.497 e. The quantitative estimate of drug-likeness (QED) is 0.631. The van der Waals surface area contributed by atoms with Gasteiger partial charge in [-0.15, -0.1) is 0 Å². The van der Waals surface area contributed by atoms with E-state index in [-0.39, 0.29) is 36.0 Å². The molecule has 0 saturated carbocycles. The zero-order valence-electron chi connectivity index (χ0n) is 17.0. The number of hydrogen-bond acceptors (Lipinski definition) is 7. The van der Waals surface area contributed by atoms with Crippen LogP contribution in [-0.4, -0.2) is 49.9 Å². The summed E-state index contributed by atoms with van der Waals surface area (Å²) >= 11 is 0. The number of nitrogens with one attached hydrogen (secondary N) is 1. The third-order valence-electron chi connectivity index (χ3n) is 4.33. The average Bonchev–Trinajstić information content (AvgIpc) is 2.72. The van der Waals surface area contributed by atoms with Crippen molar-refractivity contribution in [1.82, 2.24) is 9.55 Å². The van der Waals surface area contributed by atoms with E-state index in [1.807, 2.05) is 6.92 Å². The van der Waals surface area contributed by atoms with E-state index in [2.05, 4.69) is 4.98 Å². The Kier molecular flexibility index (Phi) is 7.43. The number of H-pyrrole nitrogens is 1. The Bertz CT molecular complexity index is 982. The molecule has 1 heterocycles. The maximum atomic E-state index is 13.3. The van der Waals surface area contributed by atoms with Gasteiger partial charge in [0, 0.05) is 26.3 Å². The highest BCUT2D eigenvalue weighted by molar-refractivity contribution is 6.09. The molecule has 10 nitrogen and oxygen atoms in total. The van der Waals surface area contributed by atoms with E-state index in [0.29, 0.717) is 18.7 Å². The van der Waals surface area contributed by atoms with Gasteiger partial charge in [-0.25, -0.2) is 4.79 Å². The standard InChI is InChI=1S/C19H26N4O6/c1-5-8-23-16(20)15(17(24)21-19(23)26)22(9-10-27-2)18(25)13-7-6-12(28-3)11-14(13)29-4/h6-7,11H,5,8-10,20H2,1-4H3,(H,21,24,26). The number of rotatable bonds is 9. The first-order valence-electron chi connectivity index (χ1n) is 9.04. The minimum absolute atomic E-state index is 0.0438. The molecule has 1 aromatic carbocycles.